The summed E-state index contributed by atoms with van der Waals surface area (Å²) in [6.45, 7) is 0.413. The summed E-state index contributed by atoms with van der Waals surface area (Å²) >= 11 is 0. The lowest BCUT2D eigenvalue weighted by atomic mass is 10.2. The average Bonchev–Trinajstić information content (AvgIpc) is 2.49. The van der Waals surface area contributed by atoms with Crippen LogP contribution in [0.4, 0.5) is 11.4 Å². The Bertz CT molecular complexity index is 694. The van der Waals surface area contributed by atoms with E-state index in [2.05, 4.69) is 4.99 Å². The molecule has 0 amide bonds. The van der Waals surface area contributed by atoms with Crippen LogP contribution in [0.2, 0.25) is 0 Å². The van der Waals surface area contributed by atoms with Crippen LogP contribution in [-0.2, 0) is 6.54 Å². The molecule has 2 aromatic rings. The van der Waals surface area contributed by atoms with Crippen LogP contribution >= 0.6 is 0 Å². The maximum Gasteiger partial charge on any atom is 0.270 e. The quantitative estimate of drug-likeness (QED) is 0.482. The largest absolute Gasteiger partial charge is 0.872 e. The minimum atomic E-state index is -0.531. The fourth-order valence-corrected chi connectivity index (χ4v) is 1.90. The minimum Gasteiger partial charge on any atom is -0.872 e. The maximum absolute atomic E-state index is 11.6. The van der Waals surface area contributed by atoms with Gasteiger partial charge in [0.1, 0.15) is 0 Å². The number of nitro groups is 1. The molecule has 0 aliphatic carbocycles. The number of hydrogen-bond acceptors (Lipinski definition) is 5. The van der Waals surface area contributed by atoms with Gasteiger partial charge >= 0.3 is 0 Å². The van der Waals surface area contributed by atoms with Gasteiger partial charge in [0.15, 0.2) is 0 Å². The smallest absolute Gasteiger partial charge is 0.270 e. The molecule has 0 aliphatic rings. The van der Waals surface area contributed by atoms with Gasteiger partial charge in [-0.1, -0.05) is 23.9 Å². The maximum atomic E-state index is 11.6. The Kier molecular flexibility index (Phi) is 4.73. The van der Waals surface area contributed by atoms with Gasteiger partial charge in [-0.05, 0) is 23.3 Å². The van der Waals surface area contributed by atoms with Crippen molar-refractivity contribution >= 4 is 17.6 Å². The number of aliphatic imine (C=N–C) groups is 1. The summed E-state index contributed by atoms with van der Waals surface area (Å²) in [6.07, 6.45) is 1.38. The lowest BCUT2D eigenvalue weighted by molar-refractivity contribution is -0.385. The summed E-state index contributed by atoms with van der Waals surface area (Å²) < 4.78 is 0. The predicted octanol–water partition coefficient (Wildman–Crippen LogP) is 2.35. The van der Waals surface area contributed by atoms with Crippen LogP contribution < -0.4 is 10.0 Å². The van der Waals surface area contributed by atoms with Crippen molar-refractivity contribution in [2.24, 2.45) is 4.99 Å². The highest BCUT2D eigenvalue weighted by Crippen LogP contribution is 2.19. The number of anilines is 1. The molecule has 6 heteroatoms. The van der Waals surface area contributed by atoms with Gasteiger partial charge in [-0.3, -0.25) is 15.1 Å². The van der Waals surface area contributed by atoms with Gasteiger partial charge in [-0.15, -0.1) is 0 Å². The molecule has 0 unspecified atom stereocenters. The van der Waals surface area contributed by atoms with Crippen LogP contribution in [0.3, 0.4) is 0 Å². The van der Waals surface area contributed by atoms with E-state index < -0.39 is 4.92 Å². The van der Waals surface area contributed by atoms with Crippen molar-refractivity contribution in [1.29, 1.82) is 0 Å². The Labute approximate surface area is 128 Å². The van der Waals surface area contributed by atoms with Gasteiger partial charge < -0.3 is 10.0 Å². The fourth-order valence-electron chi connectivity index (χ4n) is 1.90. The van der Waals surface area contributed by atoms with Gasteiger partial charge in [0.25, 0.3) is 5.69 Å². The molecule has 0 heterocycles. The van der Waals surface area contributed by atoms with E-state index in [4.69, 9.17) is 0 Å². The van der Waals surface area contributed by atoms with Gasteiger partial charge in [-0.2, -0.15) is 0 Å². The number of nitrogens with zero attached hydrogens (tertiary/aromatic N) is 3. The van der Waals surface area contributed by atoms with E-state index in [1.54, 1.807) is 0 Å². The van der Waals surface area contributed by atoms with E-state index in [0.29, 0.717) is 6.54 Å². The van der Waals surface area contributed by atoms with Crippen LogP contribution in [-0.4, -0.2) is 25.2 Å². The molecule has 0 aromatic heterocycles. The molecule has 0 N–H and O–H groups in total. The van der Waals surface area contributed by atoms with Crippen LogP contribution in [0, 0.1) is 10.1 Å². The first-order valence-corrected chi connectivity index (χ1v) is 6.69. The van der Waals surface area contributed by atoms with Crippen LogP contribution in [0.15, 0.2) is 47.5 Å². The SMILES string of the molecule is CN(C)c1ccc(CN=Cc2cc([N+](=O)[O-])ccc2[O-])cc1. The monoisotopic (exact) mass is 298 g/mol. The predicted molar refractivity (Wildman–Crippen MR) is 84.6 cm³/mol. The Morgan fingerprint density at radius 2 is 1.86 bits per heavy atom. The summed E-state index contributed by atoms with van der Waals surface area (Å²) in [4.78, 5) is 16.4. The summed E-state index contributed by atoms with van der Waals surface area (Å²) in [5.74, 6) is -0.280. The highest BCUT2D eigenvalue weighted by atomic mass is 16.6. The van der Waals surface area contributed by atoms with E-state index in [1.807, 2.05) is 43.3 Å². The highest BCUT2D eigenvalue weighted by Gasteiger charge is 2.05. The third-order valence-corrected chi connectivity index (χ3v) is 3.16. The topological polar surface area (TPSA) is 81.8 Å². The molecular formula is C16H16N3O3-. The third-order valence-electron chi connectivity index (χ3n) is 3.16. The molecule has 0 bridgehead atoms. The first-order valence-electron chi connectivity index (χ1n) is 6.69. The summed E-state index contributed by atoms with van der Waals surface area (Å²) in [5.41, 5.74) is 2.20. The van der Waals surface area contributed by atoms with Crippen molar-refractivity contribution in [3.05, 3.63) is 63.7 Å². The summed E-state index contributed by atoms with van der Waals surface area (Å²) in [5, 5.41) is 22.3. The Morgan fingerprint density at radius 1 is 1.18 bits per heavy atom. The van der Waals surface area contributed by atoms with Crippen LogP contribution in [0.5, 0.6) is 5.75 Å². The van der Waals surface area contributed by atoms with Gasteiger partial charge in [0.2, 0.25) is 0 Å². The second kappa shape index (κ2) is 6.71. The van der Waals surface area contributed by atoms with Gasteiger partial charge in [0.05, 0.1) is 11.5 Å². The Hall–Kier alpha value is -2.89. The molecule has 0 fully saturated rings. The second-order valence-corrected chi connectivity index (χ2v) is 5.01. The van der Waals surface area contributed by atoms with Crippen LogP contribution in [0.25, 0.3) is 0 Å². The number of nitro benzene ring substituents is 1. The van der Waals surface area contributed by atoms with E-state index in [-0.39, 0.29) is 17.0 Å². The molecule has 2 aromatic carbocycles. The standard InChI is InChI=1S/C16H17N3O3/c1-18(2)14-5-3-12(4-6-14)10-17-11-13-9-15(19(21)22)7-8-16(13)20/h3-9,11,20H,10H2,1-2H3/p-1. The van der Waals surface area contributed by atoms with Gasteiger partial charge in [0, 0.05) is 38.1 Å². The highest BCUT2D eigenvalue weighted by molar-refractivity contribution is 5.84. The normalized spacial score (nSPS) is 10.8. The van der Waals surface area contributed by atoms with Crippen LogP contribution in [0.1, 0.15) is 11.1 Å². The van der Waals surface area contributed by atoms with E-state index in [1.165, 1.54) is 24.4 Å². The third kappa shape index (κ3) is 3.82. The molecule has 0 saturated heterocycles. The lowest BCUT2D eigenvalue weighted by Crippen LogP contribution is -2.08. The Morgan fingerprint density at radius 3 is 2.45 bits per heavy atom. The zero-order chi connectivity index (χ0) is 16.1. The minimum absolute atomic E-state index is 0.114. The van der Waals surface area contributed by atoms with Crippen molar-refractivity contribution in [1.82, 2.24) is 0 Å². The second-order valence-electron chi connectivity index (χ2n) is 5.01. The van der Waals surface area contributed by atoms with Crippen molar-refractivity contribution in [2.45, 2.75) is 6.54 Å². The van der Waals surface area contributed by atoms with Crippen molar-refractivity contribution in [3.8, 4) is 5.75 Å². The molecule has 0 saturated carbocycles. The molecule has 22 heavy (non-hydrogen) atoms. The van der Waals surface area contributed by atoms with Crippen molar-refractivity contribution < 1.29 is 10.0 Å². The van der Waals surface area contributed by atoms with E-state index >= 15 is 0 Å². The van der Waals surface area contributed by atoms with Crippen molar-refractivity contribution in [2.75, 3.05) is 19.0 Å². The first-order chi connectivity index (χ1) is 10.5. The van der Waals surface area contributed by atoms with E-state index in [9.17, 15) is 15.2 Å². The molecule has 114 valence electrons. The van der Waals surface area contributed by atoms with Gasteiger partial charge in [-0.25, -0.2) is 0 Å². The summed E-state index contributed by atoms with van der Waals surface area (Å²) in [7, 11) is 3.93. The first kappa shape index (κ1) is 15.5. The number of non-ortho nitro benzene ring substituents is 1. The lowest BCUT2D eigenvalue weighted by Gasteiger charge is -2.12. The Balaban J connectivity index is 2.09. The molecule has 6 nitrogen and oxygen atoms in total. The average molecular weight is 298 g/mol. The molecule has 0 aliphatic heterocycles. The molecule has 2 rings (SSSR count). The molecule has 0 radical (unpaired) electrons. The fraction of sp³-hybridized carbons (Fsp3) is 0.188. The molecule has 0 atom stereocenters. The molecule has 0 spiro atoms. The zero-order valence-corrected chi connectivity index (χ0v) is 12.4. The zero-order valence-electron chi connectivity index (χ0n) is 12.4. The van der Waals surface area contributed by atoms with Crippen molar-refractivity contribution in [3.63, 3.8) is 0 Å². The summed E-state index contributed by atoms with van der Waals surface area (Å²) in [6, 6.07) is 11.5. The number of hydrogen-bond donors (Lipinski definition) is 0. The van der Waals surface area contributed by atoms with E-state index in [0.717, 1.165) is 11.3 Å². The number of benzene rings is 2. The number of rotatable bonds is 5. The molecular weight excluding hydrogens is 282 g/mol.